The molecule has 1 unspecified atom stereocenters. The molecule has 4 heterocycles. The van der Waals surface area contributed by atoms with Crippen molar-refractivity contribution in [2.24, 2.45) is 0 Å². The number of imide groups is 2. The summed E-state index contributed by atoms with van der Waals surface area (Å²) in [6, 6.07) is 15.7. The fourth-order valence-corrected chi connectivity index (χ4v) is 6.30. The maximum Gasteiger partial charge on any atom is 0.264 e. The van der Waals surface area contributed by atoms with Gasteiger partial charge < -0.3 is 30.5 Å². The van der Waals surface area contributed by atoms with Crippen LogP contribution in [-0.4, -0.2) is 84.1 Å². The monoisotopic (exact) mass is 689 g/mol. The lowest BCUT2D eigenvalue weighted by atomic mass is 10.0. The number of nitrogens with zero attached hydrogens (tertiary/aromatic N) is 5. The zero-order chi connectivity index (χ0) is 36.0. The summed E-state index contributed by atoms with van der Waals surface area (Å²) in [5, 5.41) is 11.0. The molecule has 0 radical (unpaired) electrons. The molecule has 3 aliphatic heterocycles. The second kappa shape index (κ2) is 12.9. The van der Waals surface area contributed by atoms with E-state index in [1.54, 1.807) is 49.6 Å². The van der Waals surface area contributed by atoms with Crippen LogP contribution in [0.3, 0.4) is 0 Å². The molecule has 4 N–H and O–H groups in total. The maximum absolute atomic E-state index is 13.4. The number of fused-ring (bicyclic) bond motifs is 3. The fraction of sp³-hybridized carbons (Fsp3) is 0.200. The predicted octanol–water partition coefficient (Wildman–Crippen LogP) is 3.04. The number of hydrogen-bond donors (Lipinski definition) is 4. The van der Waals surface area contributed by atoms with Gasteiger partial charge in [-0.3, -0.25) is 39.0 Å². The minimum absolute atomic E-state index is 0.00670. The second-order valence-corrected chi connectivity index (χ2v) is 12.0. The molecular weight excluding hydrogens is 658 g/mol. The first-order valence-corrected chi connectivity index (χ1v) is 15.9. The number of hydrogen-bond acceptors (Lipinski definition) is 12. The highest BCUT2D eigenvalue weighted by atomic mass is 16.5. The summed E-state index contributed by atoms with van der Waals surface area (Å²) in [5.74, 6) is -1.98. The van der Waals surface area contributed by atoms with Gasteiger partial charge in [0.2, 0.25) is 23.7 Å². The summed E-state index contributed by atoms with van der Waals surface area (Å²) in [6.07, 6.45) is 1.61. The average Bonchev–Trinajstić information content (AvgIpc) is 3.35. The first-order valence-electron chi connectivity index (χ1n) is 15.9. The van der Waals surface area contributed by atoms with Crippen molar-refractivity contribution < 1.29 is 33.5 Å². The number of carbonyl (C=O) groups excluding carboxylic acids is 6. The SMILES string of the molecule is COc1cc(NC(=O)CNc2cccc3c2C(=O)N(C2CCC(=O)NC2=O)C3=O)ccc1Nc1ncc2c(n1)N(C)c1ccccc1C(=O)N2C. The molecule has 4 aromatic rings. The van der Waals surface area contributed by atoms with Crippen molar-refractivity contribution in [1.82, 2.24) is 20.2 Å². The quantitative estimate of drug-likeness (QED) is 0.198. The molecule has 7 rings (SSSR count). The minimum Gasteiger partial charge on any atom is -0.494 e. The number of para-hydroxylation sites is 1. The zero-order valence-corrected chi connectivity index (χ0v) is 27.6. The van der Waals surface area contributed by atoms with E-state index in [0.717, 1.165) is 4.90 Å². The number of ether oxygens (including phenoxy) is 1. The number of carbonyl (C=O) groups is 6. The summed E-state index contributed by atoms with van der Waals surface area (Å²) >= 11 is 0. The summed E-state index contributed by atoms with van der Waals surface area (Å²) < 4.78 is 5.58. The molecule has 258 valence electrons. The average molecular weight is 690 g/mol. The molecule has 0 aliphatic carbocycles. The highest BCUT2D eigenvalue weighted by molar-refractivity contribution is 6.25. The third-order valence-corrected chi connectivity index (χ3v) is 8.87. The van der Waals surface area contributed by atoms with E-state index in [9.17, 15) is 28.8 Å². The summed E-state index contributed by atoms with van der Waals surface area (Å²) in [5.41, 5.74) is 3.09. The van der Waals surface area contributed by atoms with Crippen molar-refractivity contribution >= 4 is 75.6 Å². The molecule has 0 spiro atoms. The van der Waals surface area contributed by atoms with Crippen LogP contribution in [-0.2, 0) is 14.4 Å². The van der Waals surface area contributed by atoms with Crippen LogP contribution in [0, 0.1) is 0 Å². The molecule has 3 aromatic carbocycles. The number of aromatic nitrogens is 2. The molecule has 0 bridgehead atoms. The summed E-state index contributed by atoms with van der Waals surface area (Å²) in [4.78, 5) is 89.9. The van der Waals surface area contributed by atoms with Crippen molar-refractivity contribution in [3.8, 4) is 5.75 Å². The number of nitrogens with one attached hydrogen (secondary N) is 4. The van der Waals surface area contributed by atoms with Crippen LogP contribution in [0.2, 0.25) is 0 Å². The second-order valence-electron chi connectivity index (χ2n) is 12.0. The normalized spacial score (nSPS) is 16.6. The van der Waals surface area contributed by atoms with Gasteiger partial charge in [0.25, 0.3) is 17.7 Å². The van der Waals surface area contributed by atoms with Crippen LogP contribution in [0.5, 0.6) is 5.75 Å². The Kier molecular flexibility index (Phi) is 8.26. The molecule has 51 heavy (non-hydrogen) atoms. The fourth-order valence-electron chi connectivity index (χ4n) is 6.30. The van der Waals surface area contributed by atoms with Gasteiger partial charge in [-0.05, 0) is 42.8 Å². The van der Waals surface area contributed by atoms with E-state index in [-0.39, 0.29) is 48.1 Å². The highest BCUT2D eigenvalue weighted by Crippen LogP contribution is 2.39. The van der Waals surface area contributed by atoms with E-state index in [1.807, 2.05) is 30.1 Å². The van der Waals surface area contributed by atoms with E-state index in [1.165, 1.54) is 18.1 Å². The van der Waals surface area contributed by atoms with Crippen LogP contribution < -0.4 is 35.8 Å². The molecular formula is C35H31N9O7. The van der Waals surface area contributed by atoms with Gasteiger partial charge in [0.05, 0.1) is 47.9 Å². The van der Waals surface area contributed by atoms with Gasteiger partial charge in [-0.25, -0.2) is 4.98 Å². The Morgan fingerprint density at radius 1 is 0.902 bits per heavy atom. The van der Waals surface area contributed by atoms with Gasteiger partial charge in [0.15, 0.2) is 5.82 Å². The predicted molar refractivity (Wildman–Crippen MR) is 186 cm³/mol. The maximum atomic E-state index is 13.4. The van der Waals surface area contributed by atoms with Crippen LogP contribution in [0.1, 0.15) is 43.9 Å². The zero-order valence-electron chi connectivity index (χ0n) is 27.6. The topological polar surface area (TPSA) is 195 Å². The summed E-state index contributed by atoms with van der Waals surface area (Å²) in [7, 11) is 4.97. The molecule has 3 aliphatic rings. The molecule has 16 heteroatoms. The Morgan fingerprint density at radius 3 is 2.47 bits per heavy atom. The van der Waals surface area contributed by atoms with Crippen molar-refractivity contribution in [2.75, 3.05) is 53.5 Å². The van der Waals surface area contributed by atoms with Gasteiger partial charge in [-0.15, -0.1) is 0 Å². The molecule has 1 saturated heterocycles. The van der Waals surface area contributed by atoms with Crippen molar-refractivity contribution in [3.05, 3.63) is 83.6 Å². The number of rotatable bonds is 8. The van der Waals surface area contributed by atoms with Crippen LogP contribution in [0.4, 0.5) is 40.2 Å². The molecule has 6 amide bonds. The standard InChI is InChI=1S/C35H31N9O7/c1-42-23-10-5-4-7-19(23)32(48)43(2)25-16-37-35(41-30(25)42)39-21-12-11-18(15-26(21)51-3)38-28(46)17-36-22-9-6-8-20-29(22)34(50)44(33(20)49)24-13-14-27(45)40-31(24)47/h4-12,15-16,24,36H,13-14,17H2,1-3H3,(H,38,46)(H,37,39,41)(H,40,45,47). The number of amides is 6. The molecule has 1 fully saturated rings. The Bertz CT molecular complexity index is 2170. The van der Waals surface area contributed by atoms with Gasteiger partial charge in [0, 0.05) is 38.0 Å². The van der Waals surface area contributed by atoms with Crippen LogP contribution in [0.25, 0.3) is 0 Å². The first kappa shape index (κ1) is 32.7. The highest BCUT2D eigenvalue weighted by Gasteiger charge is 2.45. The lowest BCUT2D eigenvalue weighted by Crippen LogP contribution is -2.54. The number of piperidine rings is 1. The van der Waals surface area contributed by atoms with E-state index >= 15 is 0 Å². The van der Waals surface area contributed by atoms with Gasteiger partial charge in [-0.2, -0.15) is 4.98 Å². The molecule has 1 atom stereocenters. The number of methoxy groups -OCH3 is 1. The third kappa shape index (κ3) is 5.81. The third-order valence-electron chi connectivity index (χ3n) is 8.87. The van der Waals surface area contributed by atoms with Crippen molar-refractivity contribution in [2.45, 2.75) is 18.9 Å². The Hall–Kier alpha value is -6.84. The van der Waals surface area contributed by atoms with Gasteiger partial charge in [-0.1, -0.05) is 18.2 Å². The van der Waals surface area contributed by atoms with Crippen molar-refractivity contribution in [1.29, 1.82) is 0 Å². The number of benzene rings is 3. The Balaban J connectivity index is 1.03. The number of anilines is 7. The van der Waals surface area contributed by atoms with E-state index in [2.05, 4.69) is 26.3 Å². The lowest BCUT2D eigenvalue weighted by molar-refractivity contribution is -0.136. The minimum atomic E-state index is -1.10. The van der Waals surface area contributed by atoms with Crippen LogP contribution in [0.15, 0.2) is 66.9 Å². The van der Waals surface area contributed by atoms with E-state index < -0.39 is 35.6 Å². The van der Waals surface area contributed by atoms with Crippen molar-refractivity contribution in [3.63, 3.8) is 0 Å². The first-order chi connectivity index (χ1) is 24.5. The van der Waals surface area contributed by atoms with E-state index in [0.29, 0.717) is 39.9 Å². The molecule has 16 nitrogen and oxygen atoms in total. The van der Waals surface area contributed by atoms with Gasteiger partial charge >= 0.3 is 0 Å². The summed E-state index contributed by atoms with van der Waals surface area (Å²) in [6.45, 7) is -0.255. The molecule has 1 aromatic heterocycles. The van der Waals surface area contributed by atoms with Gasteiger partial charge in [0.1, 0.15) is 17.5 Å². The smallest absolute Gasteiger partial charge is 0.264 e. The van der Waals surface area contributed by atoms with Crippen LogP contribution >= 0.6 is 0 Å². The largest absolute Gasteiger partial charge is 0.494 e. The Morgan fingerprint density at radius 2 is 1.69 bits per heavy atom. The van der Waals surface area contributed by atoms with E-state index in [4.69, 9.17) is 9.72 Å². The molecule has 0 saturated carbocycles. The Labute approximate surface area is 290 Å². The lowest BCUT2D eigenvalue weighted by Gasteiger charge is -2.27.